The summed E-state index contributed by atoms with van der Waals surface area (Å²) < 4.78 is 5.16. The Labute approximate surface area is 112 Å². The maximum Gasteiger partial charge on any atom is 0.137 e. The molecule has 0 saturated heterocycles. The molecular formula is C15H16ClNO. The van der Waals surface area contributed by atoms with Gasteiger partial charge in [-0.15, -0.1) is 0 Å². The van der Waals surface area contributed by atoms with E-state index in [1.165, 1.54) is 5.56 Å². The second kappa shape index (κ2) is 5.42. The first-order valence-corrected chi connectivity index (χ1v) is 6.17. The van der Waals surface area contributed by atoms with Crippen molar-refractivity contribution < 1.29 is 4.74 Å². The Morgan fingerprint density at radius 1 is 1.17 bits per heavy atom. The van der Waals surface area contributed by atoms with Gasteiger partial charge in [-0.2, -0.15) is 0 Å². The smallest absolute Gasteiger partial charge is 0.137 e. The lowest BCUT2D eigenvalue weighted by molar-refractivity contribution is 0.415. The molecular weight excluding hydrogens is 246 g/mol. The second-order valence-electron chi connectivity index (χ2n) is 4.21. The summed E-state index contributed by atoms with van der Waals surface area (Å²) in [6.45, 7) is 2.58. The van der Waals surface area contributed by atoms with Crippen molar-refractivity contribution in [2.45, 2.75) is 13.5 Å². The van der Waals surface area contributed by atoms with Crippen LogP contribution in [0, 0.1) is 6.92 Å². The van der Waals surface area contributed by atoms with Crippen molar-refractivity contribution in [3.63, 3.8) is 0 Å². The van der Waals surface area contributed by atoms with E-state index in [4.69, 9.17) is 22.1 Å². The SMILES string of the molecule is COc1ccc(-c2cc(C)ccc2CN)cc1Cl. The summed E-state index contributed by atoms with van der Waals surface area (Å²) in [5.74, 6) is 0.683. The van der Waals surface area contributed by atoms with E-state index in [2.05, 4.69) is 25.1 Å². The fourth-order valence-corrected chi connectivity index (χ4v) is 2.23. The van der Waals surface area contributed by atoms with Gasteiger partial charge in [0.05, 0.1) is 12.1 Å². The number of benzene rings is 2. The Kier molecular flexibility index (Phi) is 3.90. The minimum Gasteiger partial charge on any atom is -0.495 e. The molecule has 0 unspecified atom stereocenters. The highest BCUT2D eigenvalue weighted by atomic mass is 35.5. The Bertz CT molecular complexity index is 566. The minimum atomic E-state index is 0.513. The van der Waals surface area contributed by atoms with Crippen LogP contribution in [0.25, 0.3) is 11.1 Å². The molecule has 2 rings (SSSR count). The molecule has 0 spiro atoms. The number of rotatable bonds is 3. The highest BCUT2D eigenvalue weighted by Crippen LogP contribution is 2.32. The van der Waals surface area contributed by atoms with Crippen LogP contribution < -0.4 is 10.5 Å². The Morgan fingerprint density at radius 3 is 2.56 bits per heavy atom. The molecule has 0 atom stereocenters. The lowest BCUT2D eigenvalue weighted by Gasteiger charge is -2.11. The zero-order valence-corrected chi connectivity index (χ0v) is 11.3. The molecule has 2 N–H and O–H groups in total. The summed E-state index contributed by atoms with van der Waals surface area (Å²) in [5.41, 5.74) is 10.3. The van der Waals surface area contributed by atoms with E-state index < -0.39 is 0 Å². The fourth-order valence-electron chi connectivity index (χ4n) is 1.97. The minimum absolute atomic E-state index is 0.513. The molecule has 2 nitrogen and oxygen atoms in total. The highest BCUT2D eigenvalue weighted by molar-refractivity contribution is 6.32. The number of ether oxygens (including phenoxy) is 1. The number of nitrogens with two attached hydrogens (primary N) is 1. The molecule has 3 heteroatoms. The Balaban J connectivity index is 2.54. The predicted octanol–water partition coefficient (Wildman–Crippen LogP) is 3.78. The maximum absolute atomic E-state index is 6.16. The molecule has 18 heavy (non-hydrogen) atoms. The van der Waals surface area contributed by atoms with Gasteiger partial charge in [-0.05, 0) is 35.7 Å². The van der Waals surface area contributed by atoms with Crippen molar-refractivity contribution >= 4 is 11.6 Å². The van der Waals surface area contributed by atoms with Crippen LogP contribution in [0.3, 0.4) is 0 Å². The summed E-state index contributed by atoms with van der Waals surface area (Å²) in [6.07, 6.45) is 0. The third-order valence-corrected chi connectivity index (χ3v) is 3.24. The average Bonchev–Trinajstić information content (AvgIpc) is 2.38. The second-order valence-corrected chi connectivity index (χ2v) is 4.62. The third-order valence-electron chi connectivity index (χ3n) is 2.95. The normalized spacial score (nSPS) is 10.4. The van der Waals surface area contributed by atoms with Crippen LogP contribution in [0.2, 0.25) is 5.02 Å². The number of hydrogen-bond donors (Lipinski definition) is 1. The zero-order valence-electron chi connectivity index (χ0n) is 10.5. The van der Waals surface area contributed by atoms with Crippen LogP contribution in [-0.2, 0) is 6.54 Å². The Hall–Kier alpha value is -1.51. The van der Waals surface area contributed by atoms with E-state index in [1.807, 2.05) is 18.2 Å². The van der Waals surface area contributed by atoms with Crippen molar-refractivity contribution in [1.82, 2.24) is 0 Å². The van der Waals surface area contributed by atoms with Crippen LogP contribution in [-0.4, -0.2) is 7.11 Å². The first-order chi connectivity index (χ1) is 8.65. The molecule has 0 fully saturated rings. The van der Waals surface area contributed by atoms with E-state index in [0.29, 0.717) is 17.3 Å². The maximum atomic E-state index is 6.16. The van der Waals surface area contributed by atoms with Gasteiger partial charge >= 0.3 is 0 Å². The molecule has 0 aromatic heterocycles. The van der Waals surface area contributed by atoms with E-state index in [-0.39, 0.29) is 0 Å². The summed E-state index contributed by atoms with van der Waals surface area (Å²) >= 11 is 6.16. The molecule has 0 radical (unpaired) electrons. The first-order valence-electron chi connectivity index (χ1n) is 5.79. The number of halogens is 1. The summed E-state index contributed by atoms with van der Waals surface area (Å²) in [4.78, 5) is 0. The van der Waals surface area contributed by atoms with Crippen LogP contribution in [0.4, 0.5) is 0 Å². The van der Waals surface area contributed by atoms with Gasteiger partial charge in [0, 0.05) is 6.54 Å². The van der Waals surface area contributed by atoms with Gasteiger partial charge < -0.3 is 10.5 Å². The van der Waals surface area contributed by atoms with Crippen LogP contribution >= 0.6 is 11.6 Å². The van der Waals surface area contributed by atoms with Crippen molar-refractivity contribution in [3.05, 3.63) is 52.5 Å². The lowest BCUT2D eigenvalue weighted by Crippen LogP contribution is -1.99. The van der Waals surface area contributed by atoms with E-state index >= 15 is 0 Å². The van der Waals surface area contributed by atoms with Crippen molar-refractivity contribution in [2.75, 3.05) is 7.11 Å². The van der Waals surface area contributed by atoms with Crippen LogP contribution in [0.1, 0.15) is 11.1 Å². The zero-order chi connectivity index (χ0) is 13.1. The standard InChI is InChI=1S/C15H16ClNO/c1-10-3-4-12(9-17)13(7-10)11-5-6-15(18-2)14(16)8-11/h3-8H,9,17H2,1-2H3. The molecule has 2 aromatic carbocycles. The van der Waals surface area contributed by atoms with E-state index in [9.17, 15) is 0 Å². The van der Waals surface area contributed by atoms with Crippen LogP contribution in [0.5, 0.6) is 5.75 Å². The quantitative estimate of drug-likeness (QED) is 0.913. The summed E-state index contributed by atoms with van der Waals surface area (Å²) in [6, 6.07) is 12.0. The first kappa shape index (κ1) is 12.9. The molecule has 0 aliphatic carbocycles. The van der Waals surface area contributed by atoms with Gasteiger partial charge in [0.2, 0.25) is 0 Å². The summed E-state index contributed by atoms with van der Waals surface area (Å²) in [5, 5.41) is 0.611. The number of hydrogen-bond acceptors (Lipinski definition) is 2. The molecule has 0 saturated carbocycles. The van der Waals surface area contributed by atoms with Gasteiger partial charge in [0.25, 0.3) is 0 Å². The largest absolute Gasteiger partial charge is 0.495 e. The number of aryl methyl sites for hydroxylation is 1. The molecule has 0 bridgehead atoms. The topological polar surface area (TPSA) is 35.2 Å². The van der Waals surface area contributed by atoms with Crippen molar-refractivity contribution in [2.24, 2.45) is 5.73 Å². The van der Waals surface area contributed by atoms with Gasteiger partial charge in [0.1, 0.15) is 5.75 Å². The average molecular weight is 262 g/mol. The van der Waals surface area contributed by atoms with Crippen LogP contribution in [0.15, 0.2) is 36.4 Å². The summed E-state index contributed by atoms with van der Waals surface area (Å²) in [7, 11) is 1.61. The fraction of sp³-hybridized carbons (Fsp3) is 0.200. The lowest BCUT2D eigenvalue weighted by atomic mass is 9.97. The molecule has 94 valence electrons. The van der Waals surface area contributed by atoms with Gasteiger partial charge in [-0.25, -0.2) is 0 Å². The molecule has 2 aromatic rings. The molecule has 0 aliphatic heterocycles. The number of methoxy groups -OCH3 is 1. The molecule has 0 heterocycles. The van der Waals surface area contributed by atoms with Crippen molar-refractivity contribution in [3.8, 4) is 16.9 Å². The Morgan fingerprint density at radius 2 is 1.94 bits per heavy atom. The van der Waals surface area contributed by atoms with Crippen molar-refractivity contribution in [1.29, 1.82) is 0 Å². The predicted molar refractivity (Wildman–Crippen MR) is 76.1 cm³/mol. The van der Waals surface area contributed by atoms with Gasteiger partial charge in [0.15, 0.2) is 0 Å². The third kappa shape index (κ3) is 2.50. The monoisotopic (exact) mass is 261 g/mol. The van der Waals surface area contributed by atoms with Gasteiger partial charge in [-0.1, -0.05) is 41.4 Å². The highest BCUT2D eigenvalue weighted by Gasteiger charge is 2.07. The van der Waals surface area contributed by atoms with Gasteiger partial charge in [-0.3, -0.25) is 0 Å². The molecule has 0 amide bonds. The van der Waals surface area contributed by atoms with E-state index in [1.54, 1.807) is 7.11 Å². The molecule has 0 aliphatic rings. The van der Waals surface area contributed by atoms with E-state index in [0.717, 1.165) is 16.7 Å².